The van der Waals surface area contributed by atoms with Crippen LogP contribution in [0.15, 0.2) is 29.9 Å². The molecule has 1 fully saturated rings. The third-order valence-electron chi connectivity index (χ3n) is 17.1. The van der Waals surface area contributed by atoms with Gasteiger partial charge in [0.25, 0.3) is 0 Å². The summed E-state index contributed by atoms with van der Waals surface area (Å²) in [4.78, 5) is 0. The van der Waals surface area contributed by atoms with Crippen LogP contribution < -0.4 is 0 Å². The lowest BCUT2D eigenvalue weighted by atomic mass is 9.67. The minimum absolute atomic E-state index is 0.149. The van der Waals surface area contributed by atoms with Gasteiger partial charge in [0.15, 0.2) is 0 Å². The van der Waals surface area contributed by atoms with Gasteiger partial charge in [0.1, 0.15) is 8.24 Å². The standard InChI is InChI=1S/C59H103NSi/c1-13-15-17-19-21-23-25-27-29-31-33-35-40-59(41-36-34-32-30-28-26-24-22-20-18-16-14-2)54-43-49-39-37-38-48(49)42-51(54)52-44-53-50(45-55(52)59)46(3)47(4)56(53)61(11,12)60(57(5,6)7)58(8,9)10/h42-47,50,53,56H,13-41H2,1-12H3. The number of hydrogen-bond donors (Lipinski definition) is 0. The largest absolute Gasteiger partial charge is 0.314 e. The molecule has 1 saturated carbocycles. The minimum atomic E-state index is -1.91. The highest BCUT2D eigenvalue weighted by Gasteiger charge is 2.59. The van der Waals surface area contributed by atoms with E-state index in [0.29, 0.717) is 11.8 Å². The van der Waals surface area contributed by atoms with Crippen molar-refractivity contribution in [2.75, 3.05) is 0 Å². The highest BCUT2D eigenvalue weighted by molar-refractivity contribution is 6.76. The van der Waals surface area contributed by atoms with Crippen LogP contribution in [0.3, 0.4) is 0 Å². The lowest BCUT2D eigenvalue weighted by Gasteiger charge is -2.57. The van der Waals surface area contributed by atoms with Crippen molar-refractivity contribution in [2.45, 2.75) is 291 Å². The van der Waals surface area contributed by atoms with Crippen molar-refractivity contribution in [3.05, 3.63) is 52.1 Å². The fourth-order valence-electron chi connectivity index (χ4n) is 14.9. The summed E-state index contributed by atoms with van der Waals surface area (Å²) in [5.41, 5.74) is 11.6. The van der Waals surface area contributed by atoms with Crippen molar-refractivity contribution < 1.29 is 0 Å². The first-order chi connectivity index (χ1) is 29.1. The summed E-state index contributed by atoms with van der Waals surface area (Å²) in [7, 11) is -1.91. The Labute approximate surface area is 383 Å². The highest BCUT2D eigenvalue weighted by atomic mass is 28.3. The van der Waals surface area contributed by atoms with E-state index in [4.69, 9.17) is 0 Å². The van der Waals surface area contributed by atoms with E-state index in [1.54, 1.807) is 33.4 Å². The number of unbranched alkanes of at least 4 members (excludes halogenated alkanes) is 22. The summed E-state index contributed by atoms with van der Waals surface area (Å²) in [6.07, 6.45) is 47.0. The van der Waals surface area contributed by atoms with Crippen molar-refractivity contribution in [1.29, 1.82) is 0 Å². The molecule has 1 aromatic rings. The Hall–Kier alpha value is -1.12. The number of nitrogens with zero attached hydrogens (tertiary/aromatic N) is 1. The second-order valence-corrected chi connectivity index (χ2v) is 28.7. The Balaban J connectivity index is 1.38. The van der Waals surface area contributed by atoms with Crippen LogP contribution >= 0.6 is 0 Å². The molecule has 0 spiro atoms. The number of allylic oxidation sites excluding steroid dienone is 4. The molecule has 2 heteroatoms. The molecular weight excluding hydrogens is 751 g/mol. The summed E-state index contributed by atoms with van der Waals surface area (Å²) < 4.78 is 3.04. The van der Waals surface area contributed by atoms with Crippen molar-refractivity contribution in [1.82, 2.24) is 4.57 Å². The van der Waals surface area contributed by atoms with E-state index in [2.05, 4.69) is 111 Å². The zero-order chi connectivity index (χ0) is 44.3. The Bertz CT molecular complexity index is 1490. The fraction of sp³-hybridized carbons (Fsp3) is 0.831. The van der Waals surface area contributed by atoms with Gasteiger partial charge in [0.05, 0.1) is 0 Å². The van der Waals surface area contributed by atoms with E-state index in [9.17, 15) is 0 Å². The number of benzene rings is 1. The Morgan fingerprint density at radius 2 is 0.951 bits per heavy atom. The van der Waals surface area contributed by atoms with Crippen molar-refractivity contribution in [3.63, 3.8) is 0 Å². The van der Waals surface area contributed by atoms with Crippen LogP contribution in [0.25, 0.3) is 5.57 Å². The molecule has 4 aliphatic carbocycles. The molecule has 0 aromatic heterocycles. The van der Waals surface area contributed by atoms with Crippen LogP contribution in [0.4, 0.5) is 0 Å². The van der Waals surface area contributed by atoms with Crippen molar-refractivity contribution >= 4 is 13.8 Å². The molecule has 0 radical (unpaired) electrons. The molecule has 0 aliphatic heterocycles. The van der Waals surface area contributed by atoms with Crippen LogP contribution in [-0.2, 0) is 18.3 Å². The smallest absolute Gasteiger partial charge is 0.127 e. The zero-order valence-corrected chi connectivity index (χ0v) is 44.1. The lowest BCUT2D eigenvalue weighted by molar-refractivity contribution is 0.121. The van der Waals surface area contributed by atoms with E-state index in [1.807, 2.05) is 0 Å². The summed E-state index contributed by atoms with van der Waals surface area (Å²) >= 11 is 0. The van der Waals surface area contributed by atoms with Gasteiger partial charge in [-0.15, -0.1) is 0 Å². The molecular formula is C59H103NSi. The van der Waals surface area contributed by atoms with E-state index in [1.165, 1.54) is 186 Å². The molecule has 61 heavy (non-hydrogen) atoms. The number of fused-ring (bicyclic) bond motifs is 5. The average Bonchev–Trinajstić information content (AvgIpc) is 3.83. The molecule has 0 N–H and O–H groups in total. The lowest BCUT2D eigenvalue weighted by Crippen LogP contribution is -2.67. The van der Waals surface area contributed by atoms with Crippen molar-refractivity contribution in [3.8, 4) is 0 Å². The average molecular weight is 855 g/mol. The van der Waals surface area contributed by atoms with E-state index in [-0.39, 0.29) is 16.5 Å². The topological polar surface area (TPSA) is 3.24 Å². The van der Waals surface area contributed by atoms with Crippen LogP contribution in [0.5, 0.6) is 0 Å². The Morgan fingerprint density at radius 3 is 1.38 bits per heavy atom. The molecule has 0 heterocycles. The van der Waals surface area contributed by atoms with Gasteiger partial charge in [0, 0.05) is 16.5 Å². The molecule has 0 bridgehead atoms. The molecule has 1 nitrogen and oxygen atoms in total. The fourth-order valence-corrected chi connectivity index (χ4v) is 21.5. The van der Waals surface area contributed by atoms with E-state index >= 15 is 0 Å². The van der Waals surface area contributed by atoms with E-state index < -0.39 is 8.24 Å². The van der Waals surface area contributed by atoms with Gasteiger partial charge < -0.3 is 4.57 Å². The molecule has 5 unspecified atom stereocenters. The normalized spacial score (nSPS) is 23.3. The van der Waals surface area contributed by atoms with Gasteiger partial charge >= 0.3 is 0 Å². The SMILES string of the molecule is CCCCCCCCCCCCCCC1(CCCCCCCCCCCCCC)C2=CC3C(C)C(C)C([Si](C)(C)N(C(C)(C)C)C(C)(C)C)C3C=C2c2cc3c(cc21)CCC3. The van der Waals surface area contributed by atoms with Gasteiger partial charge in [-0.2, -0.15) is 0 Å². The predicted molar refractivity (Wildman–Crippen MR) is 275 cm³/mol. The third-order valence-corrected chi connectivity index (χ3v) is 22.1. The number of hydrogen-bond acceptors (Lipinski definition) is 1. The minimum Gasteiger partial charge on any atom is -0.314 e. The maximum absolute atomic E-state index is 3.04. The Morgan fingerprint density at radius 1 is 0.541 bits per heavy atom. The molecule has 1 aromatic carbocycles. The monoisotopic (exact) mass is 854 g/mol. The summed E-state index contributed by atoms with van der Waals surface area (Å²) in [6, 6.07) is 5.58. The maximum atomic E-state index is 3.04. The first-order valence-corrected chi connectivity index (χ1v) is 30.5. The van der Waals surface area contributed by atoms with Crippen LogP contribution in [0.2, 0.25) is 18.6 Å². The third kappa shape index (κ3) is 12.6. The van der Waals surface area contributed by atoms with Gasteiger partial charge in [-0.05, 0) is 136 Å². The second kappa shape index (κ2) is 23.4. The van der Waals surface area contributed by atoms with Crippen LogP contribution in [0.1, 0.15) is 265 Å². The van der Waals surface area contributed by atoms with Crippen molar-refractivity contribution in [2.24, 2.45) is 23.7 Å². The maximum Gasteiger partial charge on any atom is 0.127 e. The van der Waals surface area contributed by atoms with Gasteiger partial charge in [-0.25, -0.2) is 0 Å². The van der Waals surface area contributed by atoms with Gasteiger partial charge in [0.2, 0.25) is 0 Å². The molecule has 0 amide bonds. The van der Waals surface area contributed by atoms with Gasteiger partial charge in [-0.1, -0.05) is 219 Å². The molecule has 348 valence electrons. The van der Waals surface area contributed by atoms with Crippen LogP contribution in [-0.4, -0.2) is 23.9 Å². The highest BCUT2D eigenvalue weighted by Crippen LogP contribution is 2.65. The number of rotatable bonds is 28. The molecule has 0 saturated heterocycles. The zero-order valence-electron chi connectivity index (χ0n) is 43.1. The molecule has 5 rings (SSSR count). The first kappa shape index (κ1) is 50.9. The summed E-state index contributed by atoms with van der Waals surface area (Å²) in [5.74, 6) is 2.76. The van der Waals surface area contributed by atoms with E-state index in [0.717, 1.165) is 17.4 Å². The Kier molecular flexibility index (Phi) is 19.5. The quantitative estimate of drug-likeness (QED) is 0.0600. The predicted octanol–water partition coefficient (Wildman–Crippen LogP) is 18.9. The summed E-state index contributed by atoms with van der Waals surface area (Å²) in [6.45, 7) is 30.5. The van der Waals surface area contributed by atoms with Crippen LogP contribution in [0, 0.1) is 23.7 Å². The second-order valence-electron chi connectivity index (χ2n) is 24.3. The molecule has 5 atom stereocenters. The first-order valence-electron chi connectivity index (χ1n) is 27.5. The number of aryl methyl sites for hydroxylation is 2. The van der Waals surface area contributed by atoms with Gasteiger partial charge in [-0.3, -0.25) is 0 Å². The summed E-state index contributed by atoms with van der Waals surface area (Å²) in [5, 5.41) is 0. The molecule has 4 aliphatic rings.